The molecule has 0 fully saturated rings. The van der Waals surface area contributed by atoms with Gasteiger partial charge in [0.2, 0.25) is 0 Å². The number of benzene rings is 2. The zero-order chi connectivity index (χ0) is 16.7. The Bertz CT molecular complexity index is 689. The summed E-state index contributed by atoms with van der Waals surface area (Å²) in [6.07, 6.45) is 1.60. The molecule has 0 aliphatic heterocycles. The summed E-state index contributed by atoms with van der Waals surface area (Å²) < 4.78 is 24.7. The van der Waals surface area contributed by atoms with Gasteiger partial charge in [0.1, 0.15) is 5.82 Å². The van der Waals surface area contributed by atoms with Crippen LogP contribution in [0.5, 0.6) is 0 Å². The Balaban J connectivity index is 1.72. The third-order valence-electron chi connectivity index (χ3n) is 3.20. The van der Waals surface area contributed by atoms with Crippen LogP contribution in [0.1, 0.15) is 15.9 Å². The molecule has 0 aromatic heterocycles. The molecule has 0 spiro atoms. The summed E-state index contributed by atoms with van der Waals surface area (Å²) in [7, 11) is -1.04. The van der Waals surface area contributed by atoms with Gasteiger partial charge >= 0.3 is 0 Å². The number of hydrogen-bond donors (Lipinski definition) is 1. The highest BCUT2D eigenvalue weighted by atomic mass is 32.2. The average Bonchev–Trinajstić information content (AvgIpc) is 2.56. The molecule has 0 bridgehead atoms. The van der Waals surface area contributed by atoms with E-state index < -0.39 is 10.8 Å². The van der Waals surface area contributed by atoms with Crippen LogP contribution in [-0.2, 0) is 16.6 Å². The van der Waals surface area contributed by atoms with Gasteiger partial charge in [-0.25, -0.2) is 4.39 Å². The highest BCUT2D eigenvalue weighted by molar-refractivity contribution is 7.98. The lowest BCUT2D eigenvalue weighted by Gasteiger charge is -2.06. The van der Waals surface area contributed by atoms with E-state index in [1.54, 1.807) is 54.4 Å². The zero-order valence-electron chi connectivity index (χ0n) is 12.8. The number of hydrogen-bond acceptors (Lipinski definition) is 3. The first-order valence-electron chi connectivity index (χ1n) is 7.11. The molecule has 6 heteroatoms. The quantitative estimate of drug-likeness (QED) is 0.779. The number of halogens is 1. The first-order chi connectivity index (χ1) is 11.1. The number of nitrogens with one attached hydrogen (secondary N) is 1. The number of carbonyl (C=O) groups excluding carboxylic acids is 1. The number of rotatable bonds is 7. The highest BCUT2D eigenvalue weighted by Crippen LogP contribution is 2.14. The van der Waals surface area contributed by atoms with Crippen LogP contribution in [0.15, 0.2) is 53.4 Å². The van der Waals surface area contributed by atoms with Crippen molar-refractivity contribution in [3.8, 4) is 0 Å². The molecule has 1 amide bonds. The molecule has 1 unspecified atom stereocenters. The maximum absolute atomic E-state index is 13.4. The standard InChI is InChI=1S/C17H18FNO2S2/c1-23(21)15-8-6-13(7-9-15)17(20)19-10-11-22-12-14-4-2-3-5-16(14)18/h2-9H,10-12H2,1H3,(H,19,20). The molecule has 2 aromatic carbocycles. The Labute approximate surface area is 142 Å². The van der Waals surface area contributed by atoms with Gasteiger partial charge < -0.3 is 5.32 Å². The maximum Gasteiger partial charge on any atom is 0.251 e. The van der Waals surface area contributed by atoms with Crippen LogP contribution in [0, 0.1) is 5.82 Å². The molecule has 0 aliphatic rings. The van der Waals surface area contributed by atoms with Crippen molar-refractivity contribution in [3.05, 3.63) is 65.5 Å². The Morgan fingerprint density at radius 3 is 2.52 bits per heavy atom. The molecule has 0 saturated heterocycles. The predicted octanol–water partition coefficient (Wildman–Crippen LogP) is 3.23. The van der Waals surface area contributed by atoms with Crippen LogP contribution >= 0.6 is 11.8 Å². The van der Waals surface area contributed by atoms with E-state index in [1.807, 2.05) is 6.07 Å². The number of carbonyl (C=O) groups is 1. The van der Waals surface area contributed by atoms with Crippen LogP contribution in [0.2, 0.25) is 0 Å². The van der Waals surface area contributed by atoms with Crippen molar-refractivity contribution < 1.29 is 13.4 Å². The minimum atomic E-state index is -1.04. The molecule has 2 rings (SSSR count). The van der Waals surface area contributed by atoms with Crippen LogP contribution < -0.4 is 5.32 Å². The number of amides is 1. The monoisotopic (exact) mass is 351 g/mol. The summed E-state index contributed by atoms with van der Waals surface area (Å²) in [6, 6.07) is 13.4. The summed E-state index contributed by atoms with van der Waals surface area (Å²) in [4.78, 5) is 12.7. The van der Waals surface area contributed by atoms with E-state index >= 15 is 0 Å². The third-order valence-corrected chi connectivity index (χ3v) is 5.14. The van der Waals surface area contributed by atoms with Crippen molar-refractivity contribution in [2.24, 2.45) is 0 Å². The van der Waals surface area contributed by atoms with Gasteiger partial charge in [-0.15, -0.1) is 0 Å². The van der Waals surface area contributed by atoms with Crippen molar-refractivity contribution >= 4 is 28.5 Å². The second kappa shape index (κ2) is 8.84. The van der Waals surface area contributed by atoms with Crippen molar-refractivity contribution in [1.82, 2.24) is 5.32 Å². The van der Waals surface area contributed by atoms with Gasteiger partial charge in [0.05, 0.1) is 0 Å². The van der Waals surface area contributed by atoms with Crippen molar-refractivity contribution in [2.45, 2.75) is 10.6 Å². The van der Waals surface area contributed by atoms with Gasteiger partial charge in [-0.3, -0.25) is 9.00 Å². The third kappa shape index (κ3) is 5.48. The summed E-state index contributed by atoms with van der Waals surface area (Å²) in [6.45, 7) is 0.513. The van der Waals surface area contributed by atoms with Crippen molar-refractivity contribution in [1.29, 1.82) is 0 Å². The smallest absolute Gasteiger partial charge is 0.251 e. The minimum Gasteiger partial charge on any atom is -0.351 e. The lowest BCUT2D eigenvalue weighted by atomic mass is 10.2. The van der Waals surface area contributed by atoms with E-state index in [9.17, 15) is 13.4 Å². The van der Waals surface area contributed by atoms with Crippen LogP contribution in [0.25, 0.3) is 0 Å². The first-order valence-corrected chi connectivity index (χ1v) is 9.82. The van der Waals surface area contributed by atoms with Crippen LogP contribution in [0.4, 0.5) is 4.39 Å². The van der Waals surface area contributed by atoms with Gasteiger partial charge in [0, 0.05) is 45.6 Å². The van der Waals surface area contributed by atoms with E-state index in [1.165, 1.54) is 6.07 Å². The predicted molar refractivity (Wildman–Crippen MR) is 93.7 cm³/mol. The molecule has 0 saturated carbocycles. The Morgan fingerprint density at radius 2 is 1.87 bits per heavy atom. The van der Waals surface area contributed by atoms with E-state index in [2.05, 4.69) is 5.32 Å². The van der Waals surface area contributed by atoms with Gasteiger partial charge in [0.15, 0.2) is 0 Å². The minimum absolute atomic E-state index is 0.162. The largest absolute Gasteiger partial charge is 0.351 e. The fourth-order valence-electron chi connectivity index (χ4n) is 1.93. The molecule has 0 heterocycles. The molecule has 1 atom stereocenters. The molecule has 122 valence electrons. The lowest BCUT2D eigenvalue weighted by molar-refractivity contribution is 0.0956. The first kappa shape index (κ1) is 17.7. The Morgan fingerprint density at radius 1 is 1.17 bits per heavy atom. The maximum atomic E-state index is 13.4. The second-order valence-corrected chi connectivity index (χ2v) is 7.36. The van der Waals surface area contributed by atoms with Gasteiger partial charge in [-0.1, -0.05) is 18.2 Å². The van der Waals surface area contributed by atoms with Crippen LogP contribution in [0.3, 0.4) is 0 Å². The Hall–Kier alpha value is -1.66. The fourth-order valence-corrected chi connectivity index (χ4v) is 3.30. The summed E-state index contributed by atoms with van der Waals surface area (Å²) in [5.41, 5.74) is 1.21. The lowest BCUT2D eigenvalue weighted by Crippen LogP contribution is -2.25. The molecule has 0 radical (unpaired) electrons. The number of thioether (sulfide) groups is 1. The SMILES string of the molecule is CS(=O)c1ccc(C(=O)NCCSCc2ccccc2F)cc1. The summed E-state index contributed by atoms with van der Waals surface area (Å²) in [5, 5.41) is 2.82. The van der Waals surface area contributed by atoms with E-state index in [0.29, 0.717) is 34.1 Å². The highest BCUT2D eigenvalue weighted by Gasteiger charge is 2.06. The zero-order valence-corrected chi connectivity index (χ0v) is 14.4. The van der Waals surface area contributed by atoms with Crippen molar-refractivity contribution in [3.63, 3.8) is 0 Å². The topological polar surface area (TPSA) is 46.2 Å². The van der Waals surface area contributed by atoms with E-state index in [4.69, 9.17) is 0 Å². The Kier molecular flexibility index (Phi) is 6.80. The van der Waals surface area contributed by atoms with Crippen LogP contribution in [-0.4, -0.2) is 28.7 Å². The molecule has 23 heavy (non-hydrogen) atoms. The van der Waals surface area contributed by atoms with Gasteiger partial charge in [0.25, 0.3) is 5.91 Å². The van der Waals surface area contributed by atoms with Crippen molar-refractivity contribution in [2.75, 3.05) is 18.6 Å². The van der Waals surface area contributed by atoms with Gasteiger partial charge in [-0.2, -0.15) is 11.8 Å². The molecular weight excluding hydrogens is 333 g/mol. The van der Waals surface area contributed by atoms with E-state index in [-0.39, 0.29) is 11.7 Å². The molecule has 2 aromatic rings. The average molecular weight is 351 g/mol. The molecule has 0 aliphatic carbocycles. The summed E-state index contributed by atoms with van der Waals surface area (Å²) >= 11 is 1.57. The normalized spacial score (nSPS) is 11.9. The second-order valence-electron chi connectivity index (χ2n) is 4.88. The molecule has 3 nitrogen and oxygen atoms in total. The fraction of sp³-hybridized carbons (Fsp3) is 0.235. The van der Waals surface area contributed by atoms with E-state index in [0.717, 1.165) is 0 Å². The summed E-state index contributed by atoms with van der Waals surface area (Å²) in [5.74, 6) is 0.929. The van der Waals surface area contributed by atoms with Gasteiger partial charge in [-0.05, 0) is 35.9 Å². The molecule has 1 N–H and O–H groups in total. The molecular formula is C17H18FNO2S2.